The minimum atomic E-state index is -0.188. The van der Waals surface area contributed by atoms with Crippen LogP contribution in [0.3, 0.4) is 0 Å². The summed E-state index contributed by atoms with van der Waals surface area (Å²) < 4.78 is 4.20. The summed E-state index contributed by atoms with van der Waals surface area (Å²) in [7, 11) is 0. The van der Waals surface area contributed by atoms with Crippen molar-refractivity contribution in [1.82, 2.24) is 24.5 Å². The standard InChI is InChI=1S/C18H14BrN5O/c19-15-8-6-14(7-9-15)10-23-12-20-17-16(18(23)25)21-22-24(17)11-13-4-2-1-3-5-13/h1-9,12H,10-11H2. The Morgan fingerprint density at radius 3 is 2.40 bits per heavy atom. The molecule has 124 valence electrons. The molecule has 0 fully saturated rings. The van der Waals surface area contributed by atoms with E-state index in [0.717, 1.165) is 15.6 Å². The van der Waals surface area contributed by atoms with E-state index in [9.17, 15) is 4.79 Å². The fourth-order valence-electron chi connectivity index (χ4n) is 2.65. The Hall–Kier alpha value is -2.80. The van der Waals surface area contributed by atoms with Crippen LogP contribution >= 0.6 is 15.9 Å². The highest BCUT2D eigenvalue weighted by molar-refractivity contribution is 9.10. The van der Waals surface area contributed by atoms with E-state index in [2.05, 4.69) is 31.2 Å². The van der Waals surface area contributed by atoms with Crippen molar-refractivity contribution in [3.63, 3.8) is 0 Å². The summed E-state index contributed by atoms with van der Waals surface area (Å²) in [4.78, 5) is 17.1. The molecule has 0 bridgehead atoms. The number of hydrogen-bond acceptors (Lipinski definition) is 4. The Kier molecular flexibility index (Phi) is 4.15. The molecule has 0 amide bonds. The lowest BCUT2D eigenvalue weighted by Crippen LogP contribution is -2.21. The molecule has 4 aromatic rings. The molecule has 0 aliphatic rings. The van der Waals surface area contributed by atoms with Crippen molar-refractivity contribution in [2.45, 2.75) is 13.1 Å². The highest BCUT2D eigenvalue weighted by Gasteiger charge is 2.12. The maximum absolute atomic E-state index is 12.7. The zero-order chi connectivity index (χ0) is 17.2. The Labute approximate surface area is 151 Å². The number of aromatic nitrogens is 5. The number of rotatable bonds is 4. The number of nitrogens with zero attached hydrogens (tertiary/aromatic N) is 5. The van der Waals surface area contributed by atoms with Gasteiger partial charge in [0.05, 0.1) is 13.1 Å². The summed E-state index contributed by atoms with van der Waals surface area (Å²) in [5, 5.41) is 8.14. The predicted octanol–water partition coefficient (Wildman–Crippen LogP) is 2.85. The van der Waals surface area contributed by atoms with Crippen LogP contribution < -0.4 is 5.56 Å². The van der Waals surface area contributed by atoms with E-state index in [0.29, 0.717) is 18.7 Å². The van der Waals surface area contributed by atoms with E-state index in [1.54, 1.807) is 15.6 Å². The monoisotopic (exact) mass is 395 g/mol. The first-order chi connectivity index (χ1) is 12.2. The van der Waals surface area contributed by atoms with Crippen LogP contribution in [0.2, 0.25) is 0 Å². The summed E-state index contributed by atoms with van der Waals surface area (Å²) in [5.41, 5.74) is 2.70. The van der Waals surface area contributed by atoms with Crippen LogP contribution in [0.4, 0.5) is 0 Å². The number of hydrogen-bond donors (Lipinski definition) is 0. The van der Waals surface area contributed by atoms with Gasteiger partial charge in [0, 0.05) is 4.47 Å². The van der Waals surface area contributed by atoms with E-state index >= 15 is 0 Å². The van der Waals surface area contributed by atoms with Gasteiger partial charge in [-0.05, 0) is 23.3 Å². The first kappa shape index (κ1) is 15.7. The molecule has 4 rings (SSSR count). The number of fused-ring (bicyclic) bond motifs is 1. The molecule has 2 aromatic heterocycles. The lowest BCUT2D eigenvalue weighted by molar-refractivity contribution is 0.663. The lowest BCUT2D eigenvalue weighted by Gasteiger charge is -2.06. The molecule has 2 heterocycles. The second kappa shape index (κ2) is 6.60. The zero-order valence-corrected chi connectivity index (χ0v) is 14.8. The Morgan fingerprint density at radius 2 is 1.64 bits per heavy atom. The number of benzene rings is 2. The highest BCUT2D eigenvalue weighted by atomic mass is 79.9. The van der Waals surface area contributed by atoms with Crippen molar-refractivity contribution in [3.8, 4) is 0 Å². The summed E-state index contributed by atoms with van der Waals surface area (Å²) in [6.07, 6.45) is 1.55. The molecule has 0 saturated heterocycles. The third-order valence-electron chi connectivity index (χ3n) is 3.93. The Balaban J connectivity index is 1.67. The van der Waals surface area contributed by atoms with Gasteiger partial charge in [-0.3, -0.25) is 9.36 Å². The molecule has 0 N–H and O–H groups in total. The molecule has 0 aliphatic heterocycles. The molecule has 7 heteroatoms. The summed E-state index contributed by atoms with van der Waals surface area (Å²) in [6.45, 7) is 0.973. The van der Waals surface area contributed by atoms with Crippen LogP contribution in [-0.2, 0) is 13.1 Å². The summed E-state index contributed by atoms with van der Waals surface area (Å²) in [6, 6.07) is 17.7. The predicted molar refractivity (Wildman–Crippen MR) is 98.4 cm³/mol. The quantitative estimate of drug-likeness (QED) is 0.532. The van der Waals surface area contributed by atoms with Gasteiger partial charge < -0.3 is 0 Å². The molecule has 0 spiro atoms. The Bertz CT molecular complexity index is 1070. The molecular formula is C18H14BrN5O. The van der Waals surface area contributed by atoms with Gasteiger partial charge >= 0.3 is 0 Å². The molecule has 0 saturated carbocycles. The van der Waals surface area contributed by atoms with Gasteiger partial charge in [0.1, 0.15) is 6.33 Å². The van der Waals surface area contributed by atoms with Crippen LogP contribution in [0, 0.1) is 0 Å². The largest absolute Gasteiger partial charge is 0.293 e. The molecule has 2 aromatic carbocycles. The van der Waals surface area contributed by atoms with Crippen molar-refractivity contribution in [2.24, 2.45) is 0 Å². The van der Waals surface area contributed by atoms with Gasteiger partial charge in [-0.25, -0.2) is 9.67 Å². The SMILES string of the molecule is O=c1c2nnn(Cc3ccccc3)c2ncn1Cc1ccc(Br)cc1. The summed E-state index contributed by atoms with van der Waals surface area (Å²) in [5.74, 6) is 0. The van der Waals surface area contributed by atoms with Crippen LogP contribution in [0.1, 0.15) is 11.1 Å². The van der Waals surface area contributed by atoms with Crippen molar-refractivity contribution in [3.05, 3.63) is 86.9 Å². The van der Waals surface area contributed by atoms with Crippen molar-refractivity contribution < 1.29 is 0 Å². The number of halogens is 1. The highest BCUT2D eigenvalue weighted by Crippen LogP contribution is 2.12. The van der Waals surface area contributed by atoms with Gasteiger partial charge in [-0.15, -0.1) is 5.10 Å². The fourth-order valence-corrected chi connectivity index (χ4v) is 2.91. The third kappa shape index (κ3) is 3.23. The minimum Gasteiger partial charge on any atom is -0.293 e. The molecule has 0 radical (unpaired) electrons. The van der Waals surface area contributed by atoms with Crippen molar-refractivity contribution in [2.75, 3.05) is 0 Å². The average molecular weight is 396 g/mol. The topological polar surface area (TPSA) is 65.6 Å². The normalized spacial score (nSPS) is 11.1. The Morgan fingerprint density at radius 1 is 0.920 bits per heavy atom. The third-order valence-corrected chi connectivity index (χ3v) is 4.46. The molecule has 25 heavy (non-hydrogen) atoms. The first-order valence-electron chi connectivity index (χ1n) is 7.78. The van der Waals surface area contributed by atoms with E-state index in [1.165, 1.54) is 0 Å². The van der Waals surface area contributed by atoms with Crippen LogP contribution in [0.5, 0.6) is 0 Å². The first-order valence-corrected chi connectivity index (χ1v) is 8.57. The van der Waals surface area contributed by atoms with Crippen molar-refractivity contribution >= 4 is 27.1 Å². The van der Waals surface area contributed by atoms with E-state index in [1.807, 2.05) is 54.6 Å². The molecule has 0 aliphatic carbocycles. The van der Waals surface area contributed by atoms with E-state index in [-0.39, 0.29) is 11.1 Å². The molecule has 6 nitrogen and oxygen atoms in total. The van der Waals surface area contributed by atoms with Gasteiger partial charge in [0.25, 0.3) is 5.56 Å². The van der Waals surface area contributed by atoms with Crippen molar-refractivity contribution in [1.29, 1.82) is 0 Å². The summed E-state index contributed by atoms with van der Waals surface area (Å²) >= 11 is 3.41. The zero-order valence-electron chi connectivity index (χ0n) is 13.2. The van der Waals surface area contributed by atoms with E-state index < -0.39 is 0 Å². The van der Waals surface area contributed by atoms with Crippen LogP contribution in [0.15, 0.2) is 70.2 Å². The molecule has 0 unspecified atom stereocenters. The molecule has 0 atom stereocenters. The van der Waals surface area contributed by atoms with Crippen LogP contribution in [-0.4, -0.2) is 24.5 Å². The van der Waals surface area contributed by atoms with Gasteiger partial charge in [0.2, 0.25) is 0 Å². The fraction of sp³-hybridized carbons (Fsp3) is 0.111. The van der Waals surface area contributed by atoms with Gasteiger partial charge in [-0.1, -0.05) is 63.6 Å². The molecular weight excluding hydrogens is 382 g/mol. The van der Waals surface area contributed by atoms with Gasteiger partial charge in [-0.2, -0.15) is 0 Å². The minimum absolute atomic E-state index is 0.188. The van der Waals surface area contributed by atoms with E-state index in [4.69, 9.17) is 0 Å². The average Bonchev–Trinajstić information content (AvgIpc) is 3.04. The van der Waals surface area contributed by atoms with Gasteiger partial charge in [0.15, 0.2) is 11.2 Å². The second-order valence-electron chi connectivity index (χ2n) is 5.71. The second-order valence-corrected chi connectivity index (χ2v) is 6.62. The smallest absolute Gasteiger partial charge is 0.283 e. The maximum Gasteiger partial charge on any atom is 0.283 e. The maximum atomic E-state index is 12.7. The lowest BCUT2D eigenvalue weighted by atomic mass is 10.2. The van der Waals surface area contributed by atoms with Crippen LogP contribution in [0.25, 0.3) is 11.2 Å².